The van der Waals surface area contributed by atoms with E-state index in [2.05, 4.69) is 31.5 Å². The highest BCUT2D eigenvalue weighted by molar-refractivity contribution is 9.10. The summed E-state index contributed by atoms with van der Waals surface area (Å²) in [5.41, 5.74) is 1.03. The molecule has 2 aromatic rings. The van der Waals surface area contributed by atoms with Crippen molar-refractivity contribution in [1.82, 2.24) is 10.3 Å². The number of aromatic nitrogens is 1. The zero-order valence-corrected chi connectivity index (χ0v) is 13.3. The predicted molar refractivity (Wildman–Crippen MR) is 88.2 cm³/mol. The highest BCUT2D eigenvalue weighted by Gasteiger charge is 2.01. The summed E-state index contributed by atoms with van der Waals surface area (Å²) in [6.07, 6.45) is 1.29. The van der Waals surface area contributed by atoms with Crippen LogP contribution < -0.4 is 10.6 Å². The Labute approximate surface area is 133 Å². The predicted octanol–water partition coefficient (Wildman–Crippen LogP) is 3.01. The van der Waals surface area contributed by atoms with E-state index in [4.69, 9.17) is 0 Å². The second-order valence-electron chi connectivity index (χ2n) is 4.64. The molecule has 21 heavy (non-hydrogen) atoms. The fraction of sp³-hybridized carbons (Fsp3) is 0.250. The third kappa shape index (κ3) is 5.95. The highest BCUT2D eigenvalue weighted by Crippen LogP contribution is 2.09. The summed E-state index contributed by atoms with van der Waals surface area (Å²) in [6, 6.07) is 15.5. The van der Waals surface area contributed by atoms with Crippen molar-refractivity contribution in [3.8, 4) is 0 Å². The number of hydrogen-bond acceptors (Lipinski definition) is 3. The van der Waals surface area contributed by atoms with Crippen LogP contribution in [0.3, 0.4) is 0 Å². The van der Waals surface area contributed by atoms with Gasteiger partial charge in [-0.1, -0.05) is 36.4 Å². The quantitative estimate of drug-likeness (QED) is 0.597. The molecule has 0 fully saturated rings. The fourth-order valence-corrected chi connectivity index (χ4v) is 2.23. The number of anilines is 1. The molecule has 1 aromatic heterocycles. The first-order valence-electron chi connectivity index (χ1n) is 6.91. The van der Waals surface area contributed by atoms with Gasteiger partial charge in [0.1, 0.15) is 10.4 Å². The minimum atomic E-state index is 0.0572. The molecule has 0 saturated carbocycles. The van der Waals surface area contributed by atoms with Gasteiger partial charge in [-0.2, -0.15) is 0 Å². The van der Waals surface area contributed by atoms with E-state index in [0.29, 0.717) is 13.0 Å². The van der Waals surface area contributed by atoms with E-state index in [-0.39, 0.29) is 5.91 Å². The zero-order chi connectivity index (χ0) is 14.9. The van der Waals surface area contributed by atoms with Crippen molar-refractivity contribution in [2.75, 3.05) is 18.4 Å². The van der Waals surface area contributed by atoms with Crippen LogP contribution in [0, 0.1) is 0 Å². The van der Waals surface area contributed by atoms with Crippen molar-refractivity contribution in [2.24, 2.45) is 0 Å². The van der Waals surface area contributed by atoms with Crippen molar-refractivity contribution in [3.63, 3.8) is 0 Å². The van der Waals surface area contributed by atoms with E-state index in [9.17, 15) is 4.79 Å². The molecule has 1 heterocycles. The fourth-order valence-electron chi connectivity index (χ4n) is 1.88. The number of halogens is 1. The summed E-state index contributed by atoms with van der Waals surface area (Å²) < 4.78 is 0.809. The minimum absolute atomic E-state index is 0.0572. The van der Waals surface area contributed by atoms with E-state index in [1.165, 1.54) is 0 Å². The number of carbonyl (C=O) groups excluding carboxylic acids is 1. The molecule has 0 aliphatic carbocycles. The number of amides is 1. The third-order valence-electron chi connectivity index (χ3n) is 2.90. The lowest BCUT2D eigenvalue weighted by molar-refractivity contribution is -0.120. The molecule has 2 N–H and O–H groups in total. The standard InChI is InChI=1S/C16H18BrN3O/c17-14-8-4-9-15(20-14)18-10-5-11-19-16(21)12-13-6-2-1-3-7-13/h1-4,6-9H,5,10-12H2,(H,18,20)(H,19,21). The summed E-state index contributed by atoms with van der Waals surface area (Å²) in [4.78, 5) is 16.0. The molecule has 2 rings (SSSR count). The van der Waals surface area contributed by atoms with E-state index >= 15 is 0 Å². The third-order valence-corrected chi connectivity index (χ3v) is 3.35. The number of nitrogens with zero attached hydrogens (tertiary/aromatic N) is 1. The first kappa shape index (κ1) is 15.5. The van der Waals surface area contributed by atoms with Crippen molar-refractivity contribution in [2.45, 2.75) is 12.8 Å². The van der Waals surface area contributed by atoms with Crippen molar-refractivity contribution in [1.29, 1.82) is 0 Å². The normalized spacial score (nSPS) is 10.1. The summed E-state index contributed by atoms with van der Waals surface area (Å²) in [7, 11) is 0. The molecule has 0 bridgehead atoms. The van der Waals surface area contributed by atoms with Crippen molar-refractivity contribution in [3.05, 3.63) is 58.7 Å². The van der Waals surface area contributed by atoms with Crippen LogP contribution in [0.5, 0.6) is 0 Å². The minimum Gasteiger partial charge on any atom is -0.370 e. The SMILES string of the molecule is O=C(Cc1ccccc1)NCCCNc1cccc(Br)n1. The summed E-state index contributed by atoms with van der Waals surface area (Å²) in [6.45, 7) is 1.43. The molecule has 0 unspecified atom stereocenters. The van der Waals surface area contributed by atoms with Gasteiger partial charge in [0, 0.05) is 13.1 Å². The lowest BCUT2D eigenvalue weighted by Crippen LogP contribution is -2.27. The second kappa shape index (κ2) is 8.42. The maximum absolute atomic E-state index is 11.7. The molecule has 110 valence electrons. The molecule has 1 aromatic carbocycles. The van der Waals surface area contributed by atoms with Crippen molar-refractivity contribution >= 4 is 27.7 Å². The van der Waals surface area contributed by atoms with Gasteiger partial charge in [-0.05, 0) is 40.0 Å². The van der Waals surface area contributed by atoms with Crippen LogP contribution in [0.2, 0.25) is 0 Å². The average Bonchev–Trinajstić information content (AvgIpc) is 2.48. The zero-order valence-electron chi connectivity index (χ0n) is 11.7. The van der Waals surface area contributed by atoms with Crippen LogP contribution >= 0.6 is 15.9 Å². The number of hydrogen-bond donors (Lipinski definition) is 2. The molecule has 0 saturated heterocycles. The van der Waals surface area contributed by atoms with Gasteiger partial charge in [0.05, 0.1) is 6.42 Å². The summed E-state index contributed by atoms with van der Waals surface area (Å²) >= 11 is 3.33. The maximum Gasteiger partial charge on any atom is 0.224 e. The van der Waals surface area contributed by atoms with Gasteiger partial charge in [-0.25, -0.2) is 4.98 Å². The van der Waals surface area contributed by atoms with E-state index in [1.54, 1.807) is 0 Å². The van der Waals surface area contributed by atoms with Crippen LogP contribution in [0.15, 0.2) is 53.1 Å². The Balaban J connectivity index is 1.60. The molecular weight excluding hydrogens is 330 g/mol. The largest absolute Gasteiger partial charge is 0.370 e. The highest BCUT2D eigenvalue weighted by atomic mass is 79.9. The van der Waals surface area contributed by atoms with Gasteiger partial charge < -0.3 is 10.6 Å². The topological polar surface area (TPSA) is 54.0 Å². The van der Waals surface area contributed by atoms with E-state index in [1.807, 2.05) is 48.5 Å². The monoisotopic (exact) mass is 347 g/mol. The Morgan fingerprint density at radius 3 is 2.62 bits per heavy atom. The van der Waals surface area contributed by atoms with Gasteiger partial charge in [-0.3, -0.25) is 4.79 Å². The molecule has 0 aliphatic rings. The van der Waals surface area contributed by atoms with E-state index in [0.717, 1.165) is 29.0 Å². The number of rotatable bonds is 7. The number of benzene rings is 1. The maximum atomic E-state index is 11.7. The van der Waals surface area contributed by atoms with Gasteiger partial charge in [0.15, 0.2) is 0 Å². The Morgan fingerprint density at radius 2 is 1.86 bits per heavy atom. The van der Waals surface area contributed by atoms with Crippen LogP contribution in [-0.2, 0) is 11.2 Å². The Bertz CT molecular complexity index is 575. The van der Waals surface area contributed by atoms with Gasteiger partial charge in [0.2, 0.25) is 5.91 Å². The smallest absolute Gasteiger partial charge is 0.224 e. The summed E-state index contributed by atoms with van der Waals surface area (Å²) in [5.74, 6) is 0.891. The first-order valence-corrected chi connectivity index (χ1v) is 7.70. The average molecular weight is 348 g/mol. The van der Waals surface area contributed by atoms with Crippen LogP contribution in [0.1, 0.15) is 12.0 Å². The van der Waals surface area contributed by atoms with Crippen molar-refractivity contribution < 1.29 is 4.79 Å². The number of pyridine rings is 1. The molecule has 0 aliphatic heterocycles. The molecule has 0 radical (unpaired) electrons. The summed E-state index contributed by atoms with van der Waals surface area (Å²) in [5, 5.41) is 6.14. The van der Waals surface area contributed by atoms with Crippen LogP contribution in [0.25, 0.3) is 0 Å². The van der Waals surface area contributed by atoms with Gasteiger partial charge in [-0.15, -0.1) is 0 Å². The van der Waals surface area contributed by atoms with E-state index < -0.39 is 0 Å². The molecular formula is C16H18BrN3O. The molecule has 0 spiro atoms. The first-order chi connectivity index (χ1) is 10.2. The van der Waals surface area contributed by atoms with Crippen LogP contribution in [-0.4, -0.2) is 24.0 Å². The molecule has 4 nitrogen and oxygen atoms in total. The molecule has 1 amide bonds. The number of carbonyl (C=O) groups is 1. The van der Waals surface area contributed by atoms with Gasteiger partial charge in [0.25, 0.3) is 0 Å². The van der Waals surface area contributed by atoms with Crippen LogP contribution in [0.4, 0.5) is 5.82 Å². The Morgan fingerprint density at radius 1 is 1.05 bits per heavy atom. The Hall–Kier alpha value is -1.88. The lowest BCUT2D eigenvalue weighted by Gasteiger charge is -2.07. The molecule has 5 heteroatoms. The number of nitrogens with one attached hydrogen (secondary N) is 2. The molecule has 0 atom stereocenters. The Kier molecular flexibility index (Phi) is 6.22. The lowest BCUT2D eigenvalue weighted by atomic mass is 10.1. The second-order valence-corrected chi connectivity index (χ2v) is 5.45. The van der Waals surface area contributed by atoms with Gasteiger partial charge >= 0.3 is 0 Å².